The summed E-state index contributed by atoms with van der Waals surface area (Å²) in [5.41, 5.74) is 4.10. The number of ketones is 1. The first-order valence-corrected chi connectivity index (χ1v) is 7.15. The number of benzene rings is 2. The highest BCUT2D eigenvalue weighted by atomic mass is 16.1. The van der Waals surface area contributed by atoms with Gasteiger partial charge in [-0.05, 0) is 35.5 Å². The molecule has 0 fully saturated rings. The van der Waals surface area contributed by atoms with Gasteiger partial charge in [-0.25, -0.2) is 0 Å². The minimum Gasteiger partial charge on any atom is -0.289 e. The molecule has 0 saturated carbocycles. The summed E-state index contributed by atoms with van der Waals surface area (Å²) >= 11 is 0. The fourth-order valence-electron chi connectivity index (χ4n) is 2.71. The molecular formula is C19H18O. The molecule has 0 amide bonds. The number of hydrogen-bond donors (Lipinski definition) is 0. The molecule has 0 aromatic heterocycles. The molecule has 1 atom stereocenters. The molecule has 0 radical (unpaired) electrons. The molecule has 20 heavy (non-hydrogen) atoms. The van der Waals surface area contributed by atoms with Crippen molar-refractivity contribution in [3.63, 3.8) is 0 Å². The average molecular weight is 262 g/mol. The summed E-state index contributed by atoms with van der Waals surface area (Å²) in [6.45, 7) is 2.17. The van der Waals surface area contributed by atoms with Gasteiger partial charge in [-0.15, -0.1) is 0 Å². The molecule has 2 aromatic rings. The van der Waals surface area contributed by atoms with E-state index in [0.29, 0.717) is 5.92 Å². The van der Waals surface area contributed by atoms with Gasteiger partial charge in [-0.2, -0.15) is 0 Å². The summed E-state index contributed by atoms with van der Waals surface area (Å²) in [5, 5.41) is 0. The van der Waals surface area contributed by atoms with E-state index in [2.05, 4.69) is 25.1 Å². The minimum absolute atomic E-state index is 0.189. The van der Waals surface area contributed by atoms with Crippen LogP contribution in [0.5, 0.6) is 0 Å². The maximum absolute atomic E-state index is 12.4. The summed E-state index contributed by atoms with van der Waals surface area (Å²) in [6.07, 6.45) is 4.14. The molecule has 1 heteroatoms. The maximum Gasteiger partial charge on any atom is 0.188 e. The second-order valence-electron chi connectivity index (χ2n) is 5.48. The Labute approximate surface area is 120 Å². The quantitative estimate of drug-likeness (QED) is 0.719. The molecule has 2 aromatic carbocycles. The van der Waals surface area contributed by atoms with E-state index in [-0.39, 0.29) is 5.78 Å². The van der Waals surface area contributed by atoms with Crippen molar-refractivity contribution in [2.75, 3.05) is 0 Å². The SMILES string of the molecule is CC1C=C(C(=O)c2ccc(-c3ccccc3)cc2)CC1. The van der Waals surface area contributed by atoms with E-state index >= 15 is 0 Å². The van der Waals surface area contributed by atoms with Crippen molar-refractivity contribution in [2.45, 2.75) is 19.8 Å². The highest BCUT2D eigenvalue weighted by Gasteiger charge is 2.18. The van der Waals surface area contributed by atoms with Crippen LogP contribution in [0.2, 0.25) is 0 Å². The molecule has 3 rings (SSSR count). The standard InChI is InChI=1S/C19H18O/c1-14-7-8-18(13-14)19(20)17-11-9-16(10-12-17)15-5-3-2-4-6-15/h2-6,9-14H,7-8H2,1H3. The Morgan fingerprint density at radius 1 is 0.950 bits per heavy atom. The van der Waals surface area contributed by atoms with Crippen LogP contribution in [0.1, 0.15) is 30.1 Å². The number of Topliss-reactive ketones (excluding diaryl/α,β-unsaturated/α-hetero) is 1. The third kappa shape index (κ3) is 2.57. The Bertz CT molecular complexity index is 635. The van der Waals surface area contributed by atoms with E-state index in [1.54, 1.807) is 0 Å². The van der Waals surface area contributed by atoms with Crippen LogP contribution >= 0.6 is 0 Å². The third-order valence-electron chi connectivity index (χ3n) is 3.90. The highest BCUT2D eigenvalue weighted by molar-refractivity contribution is 6.09. The molecule has 1 aliphatic carbocycles. The number of allylic oxidation sites excluding steroid dienone is 2. The Kier molecular flexibility index (Phi) is 3.51. The normalized spacial score (nSPS) is 17.9. The summed E-state index contributed by atoms with van der Waals surface area (Å²) in [4.78, 5) is 12.4. The van der Waals surface area contributed by atoms with Crippen LogP contribution in [0.4, 0.5) is 0 Å². The van der Waals surface area contributed by atoms with Gasteiger partial charge in [-0.1, -0.05) is 67.6 Å². The van der Waals surface area contributed by atoms with E-state index in [0.717, 1.165) is 29.5 Å². The zero-order chi connectivity index (χ0) is 13.9. The lowest BCUT2D eigenvalue weighted by atomic mass is 9.99. The van der Waals surface area contributed by atoms with Crippen LogP contribution in [0.25, 0.3) is 11.1 Å². The van der Waals surface area contributed by atoms with Crippen molar-refractivity contribution in [1.82, 2.24) is 0 Å². The smallest absolute Gasteiger partial charge is 0.188 e. The Morgan fingerprint density at radius 3 is 2.20 bits per heavy atom. The molecular weight excluding hydrogens is 244 g/mol. The van der Waals surface area contributed by atoms with Crippen LogP contribution < -0.4 is 0 Å². The summed E-state index contributed by atoms with van der Waals surface area (Å²) in [6, 6.07) is 18.2. The van der Waals surface area contributed by atoms with E-state index in [1.807, 2.05) is 42.5 Å². The van der Waals surface area contributed by atoms with Crippen molar-refractivity contribution in [3.05, 3.63) is 71.8 Å². The molecule has 1 nitrogen and oxygen atoms in total. The topological polar surface area (TPSA) is 17.1 Å². The van der Waals surface area contributed by atoms with Crippen LogP contribution in [0.3, 0.4) is 0 Å². The molecule has 0 N–H and O–H groups in total. The van der Waals surface area contributed by atoms with Gasteiger partial charge in [0.2, 0.25) is 0 Å². The van der Waals surface area contributed by atoms with Gasteiger partial charge in [0.25, 0.3) is 0 Å². The lowest BCUT2D eigenvalue weighted by Gasteiger charge is -2.04. The third-order valence-corrected chi connectivity index (χ3v) is 3.90. The van der Waals surface area contributed by atoms with Gasteiger partial charge < -0.3 is 0 Å². The van der Waals surface area contributed by atoms with Crippen molar-refractivity contribution >= 4 is 5.78 Å². The first kappa shape index (κ1) is 12.9. The summed E-state index contributed by atoms with van der Waals surface area (Å²) in [5.74, 6) is 0.728. The van der Waals surface area contributed by atoms with Gasteiger partial charge in [-0.3, -0.25) is 4.79 Å². The Morgan fingerprint density at radius 2 is 1.60 bits per heavy atom. The Hall–Kier alpha value is -2.15. The molecule has 0 saturated heterocycles. The molecule has 0 heterocycles. The van der Waals surface area contributed by atoms with Crippen LogP contribution in [-0.2, 0) is 0 Å². The van der Waals surface area contributed by atoms with E-state index in [4.69, 9.17) is 0 Å². The van der Waals surface area contributed by atoms with Gasteiger partial charge in [0.05, 0.1) is 0 Å². The largest absolute Gasteiger partial charge is 0.289 e. The van der Waals surface area contributed by atoms with Crippen LogP contribution in [-0.4, -0.2) is 5.78 Å². The molecule has 0 bridgehead atoms. The molecule has 1 unspecified atom stereocenters. The van der Waals surface area contributed by atoms with Gasteiger partial charge >= 0.3 is 0 Å². The van der Waals surface area contributed by atoms with Crippen LogP contribution in [0, 0.1) is 5.92 Å². The van der Waals surface area contributed by atoms with Gasteiger partial charge in [0, 0.05) is 5.56 Å². The van der Waals surface area contributed by atoms with E-state index in [9.17, 15) is 4.79 Å². The van der Waals surface area contributed by atoms with Crippen molar-refractivity contribution in [3.8, 4) is 11.1 Å². The predicted molar refractivity (Wildman–Crippen MR) is 82.7 cm³/mol. The fraction of sp³-hybridized carbons (Fsp3) is 0.211. The van der Waals surface area contributed by atoms with Gasteiger partial charge in [0.15, 0.2) is 5.78 Å². The van der Waals surface area contributed by atoms with Crippen LogP contribution in [0.15, 0.2) is 66.2 Å². The van der Waals surface area contributed by atoms with Crippen molar-refractivity contribution < 1.29 is 4.79 Å². The fourth-order valence-corrected chi connectivity index (χ4v) is 2.71. The van der Waals surface area contributed by atoms with Crippen molar-refractivity contribution in [2.24, 2.45) is 5.92 Å². The maximum atomic E-state index is 12.4. The highest BCUT2D eigenvalue weighted by Crippen LogP contribution is 2.27. The molecule has 100 valence electrons. The summed E-state index contributed by atoms with van der Waals surface area (Å²) < 4.78 is 0. The number of rotatable bonds is 3. The first-order valence-electron chi connectivity index (χ1n) is 7.15. The lowest BCUT2D eigenvalue weighted by molar-refractivity contribution is 0.103. The zero-order valence-electron chi connectivity index (χ0n) is 11.7. The monoisotopic (exact) mass is 262 g/mol. The average Bonchev–Trinajstić information content (AvgIpc) is 2.94. The zero-order valence-corrected chi connectivity index (χ0v) is 11.7. The molecule has 1 aliphatic rings. The van der Waals surface area contributed by atoms with E-state index in [1.165, 1.54) is 5.56 Å². The minimum atomic E-state index is 0.189. The summed E-state index contributed by atoms with van der Waals surface area (Å²) in [7, 11) is 0. The van der Waals surface area contributed by atoms with Crippen molar-refractivity contribution in [1.29, 1.82) is 0 Å². The second kappa shape index (κ2) is 5.46. The molecule has 0 spiro atoms. The number of hydrogen-bond acceptors (Lipinski definition) is 1. The Balaban J connectivity index is 1.83. The first-order chi connectivity index (χ1) is 9.74. The second-order valence-corrected chi connectivity index (χ2v) is 5.48. The van der Waals surface area contributed by atoms with Gasteiger partial charge in [0.1, 0.15) is 0 Å². The lowest BCUT2D eigenvalue weighted by Crippen LogP contribution is -2.01. The number of carbonyl (C=O) groups excluding carboxylic acids is 1. The molecule has 0 aliphatic heterocycles. The predicted octanol–water partition coefficient (Wildman–Crippen LogP) is 4.89. The van der Waals surface area contributed by atoms with E-state index < -0.39 is 0 Å². The number of carbonyl (C=O) groups is 1.